The zero-order chi connectivity index (χ0) is 7.28. The zero-order valence-electron chi connectivity index (χ0n) is 4.33. The first-order valence-corrected chi connectivity index (χ1v) is 2.81. The predicted octanol–water partition coefficient (Wildman–Crippen LogP) is -0.405. The molecule has 0 spiro atoms. The van der Waals surface area contributed by atoms with E-state index in [2.05, 4.69) is 29.6 Å². The molecule has 0 aromatic carbocycles. The van der Waals surface area contributed by atoms with E-state index in [-0.39, 0.29) is 6.42 Å². The summed E-state index contributed by atoms with van der Waals surface area (Å²) in [5.41, 5.74) is 0. The van der Waals surface area contributed by atoms with Crippen molar-refractivity contribution in [2.24, 2.45) is 4.36 Å². The standard InChI is InChI=1S/C3H4N2O2S2/c6-2(4-8)1-3(7)5-9/h8H,1H2,(H,4,6). The van der Waals surface area contributed by atoms with Crippen LogP contribution in [0.3, 0.4) is 0 Å². The third-order valence-corrected chi connectivity index (χ3v) is 0.991. The number of carbonyl (C=O) groups is 2. The molecule has 2 amide bonds. The Kier molecular flexibility index (Phi) is 4.16. The Hall–Kier alpha value is -0.490. The Morgan fingerprint density at radius 1 is 1.67 bits per heavy atom. The molecule has 0 aromatic heterocycles. The first-order valence-electron chi connectivity index (χ1n) is 2.00. The summed E-state index contributed by atoms with van der Waals surface area (Å²) >= 11 is 7.41. The van der Waals surface area contributed by atoms with Crippen molar-refractivity contribution >= 4 is 37.1 Å². The molecule has 0 rings (SSSR count). The van der Waals surface area contributed by atoms with Crippen LogP contribution in [0.5, 0.6) is 0 Å². The van der Waals surface area contributed by atoms with Crippen LogP contribution >= 0.6 is 12.8 Å². The van der Waals surface area contributed by atoms with E-state index in [0.29, 0.717) is 0 Å². The minimum atomic E-state index is -0.628. The summed E-state index contributed by atoms with van der Waals surface area (Å²) in [6, 6.07) is 0. The summed E-state index contributed by atoms with van der Waals surface area (Å²) in [6.07, 6.45) is -0.326. The second-order valence-electron chi connectivity index (χ2n) is 1.20. The van der Waals surface area contributed by atoms with E-state index in [4.69, 9.17) is 0 Å². The monoisotopic (exact) mass is 164 g/mol. The molecule has 0 aliphatic carbocycles. The quantitative estimate of drug-likeness (QED) is 0.431. The average Bonchev–Trinajstić information content (AvgIpc) is 1.87. The van der Waals surface area contributed by atoms with Crippen molar-refractivity contribution in [3.05, 3.63) is 0 Å². The molecule has 0 saturated heterocycles. The molecule has 0 unspecified atom stereocenters. The van der Waals surface area contributed by atoms with Gasteiger partial charge in [0.05, 0.1) is 0 Å². The maximum Gasteiger partial charge on any atom is 0.266 e. The molecule has 1 N–H and O–H groups in total. The maximum atomic E-state index is 10.3. The van der Waals surface area contributed by atoms with E-state index >= 15 is 0 Å². The van der Waals surface area contributed by atoms with Crippen LogP contribution in [0.2, 0.25) is 0 Å². The van der Waals surface area contributed by atoms with E-state index in [9.17, 15) is 9.59 Å². The smallest absolute Gasteiger partial charge is 0.266 e. The molecular formula is C3H4N2O2S2. The lowest BCUT2D eigenvalue weighted by molar-refractivity contribution is -0.126. The van der Waals surface area contributed by atoms with Crippen molar-refractivity contribution in [1.29, 1.82) is 0 Å². The molecule has 0 aliphatic rings. The van der Waals surface area contributed by atoms with Crippen molar-refractivity contribution in [3.63, 3.8) is 0 Å². The summed E-state index contributed by atoms with van der Waals surface area (Å²) < 4.78 is 4.78. The third kappa shape index (κ3) is 4.04. The first kappa shape index (κ1) is 8.51. The van der Waals surface area contributed by atoms with Gasteiger partial charge in [0.2, 0.25) is 5.91 Å². The van der Waals surface area contributed by atoms with Gasteiger partial charge in [-0.05, 0) is 0 Å². The van der Waals surface area contributed by atoms with Crippen molar-refractivity contribution in [2.45, 2.75) is 6.42 Å². The van der Waals surface area contributed by atoms with Gasteiger partial charge in [0.15, 0.2) is 0 Å². The van der Waals surface area contributed by atoms with Gasteiger partial charge >= 0.3 is 0 Å². The molecule has 0 aromatic rings. The summed E-state index contributed by atoms with van der Waals surface area (Å²) in [6.45, 7) is 0. The minimum Gasteiger partial charge on any atom is -0.302 e. The SMILES string of the molecule is O=C(CC(=O)NS)N=S. The number of hydrogen-bond acceptors (Lipinski definition) is 4. The number of hydrogen-bond donors (Lipinski definition) is 2. The number of thiol groups is 1. The number of amides is 2. The van der Waals surface area contributed by atoms with E-state index in [1.54, 1.807) is 0 Å². The fourth-order valence-corrected chi connectivity index (χ4v) is 0.353. The van der Waals surface area contributed by atoms with Gasteiger partial charge in [-0.3, -0.25) is 9.59 Å². The van der Waals surface area contributed by atoms with Crippen LogP contribution in [0.15, 0.2) is 4.36 Å². The largest absolute Gasteiger partial charge is 0.302 e. The summed E-state index contributed by atoms with van der Waals surface area (Å²) in [5, 5.41) is 0. The van der Waals surface area contributed by atoms with Crippen LogP contribution in [0.25, 0.3) is 0 Å². The molecule has 4 nitrogen and oxygen atoms in total. The van der Waals surface area contributed by atoms with E-state index in [1.165, 1.54) is 0 Å². The van der Waals surface area contributed by atoms with Crippen LogP contribution in [-0.2, 0) is 22.0 Å². The molecular weight excluding hydrogens is 160 g/mol. The van der Waals surface area contributed by atoms with Gasteiger partial charge in [-0.2, -0.15) is 0 Å². The second kappa shape index (κ2) is 4.39. The molecule has 0 fully saturated rings. The molecule has 9 heavy (non-hydrogen) atoms. The van der Waals surface area contributed by atoms with Crippen LogP contribution in [0.1, 0.15) is 6.42 Å². The van der Waals surface area contributed by atoms with Gasteiger partial charge in [0, 0.05) is 12.4 Å². The number of carbonyl (C=O) groups excluding carboxylic acids is 2. The first-order chi connectivity index (χ1) is 4.20. The highest BCUT2D eigenvalue weighted by Gasteiger charge is 2.04. The van der Waals surface area contributed by atoms with Crippen LogP contribution in [0, 0.1) is 0 Å². The summed E-state index contributed by atoms with van der Waals surface area (Å²) in [7, 11) is 0. The molecule has 0 radical (unpaired) electrons. The van der Waals surface area contributed by atoms with Crippen molar-refractivity contribution < 1.29 is 9.59 Å². The van der Waals surface area contributed by atoms with Crippen LogP contribution in [0.4, 0.5) is 0 Å². The van der Waals surface area contributed by atoms with Crippen molar-refractivity contribution in [3.8, 4) is 0 Å². The van der Waals surface area contributed by atoms with E-state index < -0.39 is 11.8 Å². The lowest BCUT2D eigenvalue weighted by atomic mass is 10.4. The van der Waals surface area contributed by atoms with Gasteiger partial charge in [-0.25, -0.2) is 0 Å². The molecule has 6 heteroatoms. The van der Waals surface area contributed by atoms with E-state index in [0.717, 1.165) is 0 Å². The van der Waals surface area contributed by atoms with Crippen molar-refractivity contribution in [1.82, 2.24) is 4.72 Å². The highest BCUT2D eigenvalue weighted by Crippen LogP contribution is 1.83. The van der Waals surface area contributed by atoms with Crippen LogP contribution < -0.4 is 4.72 Å². The Balaban J connectivity index is 3.59. The molecule has 0 atom stereocenters. The number of rotatable bonds is 2. The summed E-state index contributed by atoms with van der Waals surface area (Å²) in [5.74, 6) is -1.13. The van der Waals surface area contributed by atoms with Crippen molar-refractivity contribution in [2.75, 3.05) is 0 Å². The topological polar surface area (TPSA) is 58.5 Å². The Bertz CT molecular complexity index is 147. The van der Waals surface area contributed by atoms with Gasteiger partial charge in [-0.1, -0.05) is 12.8 Å². The normalized spacial score (nSPS) is 8.11. The zero-order valence-corrected chi connectivity index (χ0v) is 6.04. The molecule has 0 heterocycles. The number of nitrogens with zero attached hydrogens (tertiary/aromatic N) is 1. The minimum absolute atomic E-state index is 0.326. The predicted molar refractivity (Wildman–Crippen MR) is 36.5 cm³/mol. The third-order valence-electron chi connectivity index (χ3n) is 0.538. The lowest BCUT2D eigenvalue weighted by Crippen LogP contribution is -2.15. The fraction of sp³-hybridized carbons (Fsp3) is 0.333. The lowest BCUT2D eigenvalue weighted by Gasteiger charge is -1.89. The van der Waals surface area contributed by atoms with Gasteiger partial charge in [0.25, 0.3) is 5.91 Å². The van der Waals surface area contributed by atoms with Gasteiger partial charge < -0.3 is 4.72 Å². The second-order valence-corrected chi connectivity index (χ2v) is 1.60. The van der Waals surface area contributed by atoms with Gasteiger partial charge in [0.1, 0.15) is 6.42 Å². The average molecular weight is 164 g/mol. The highest BCUT2D eigenvalue weighted by molar-refractivity contribution is 7.78. The molecule has 50 valence electrons. The molecule has 0 bridgehead atoms. The molecule has 0 saturated carbocycles. The highest BCUT2D eigenvalue weighted by atomic mass is 32.1. The van der Waals surface area contributed by atoms with E-state index in [1.807, 2.05) is 4.72 Å². The maximum absolute atomic E-state index is 10.3. The van der Waals surface area contributed by atoms with Gasteiger partial charge in [-0.15, -0.1) is 4.36 Å². The summed E-state index contributed by atoms with van der Waals surface area (Å²) in [4.78, 5) is 20.5. The van der Waals surface area contributed by atoms with Crippen LogP contribution in [-0.4, -0.2) is 11.8 Å². The Labute approximate surface area is 62.7 Å². The number of nitrogens with one attached hydrogen (secondary N) is 1. The molecule has 0 aliphatic heterocycles. The Morgan fingerprint density at radius 3 is 2.56 bits per heavy atom. The Morgan fingerprint density at radius 2 is 2.22 bits per heavy atom. The fourth-order valence-electron chi connectivity index (χ4n) is 0.209.